The van der Waals surface area contributed by atoms with Gasteiger partial charge in [0, 0.05) is 31.1 Å². The molecule has 0 aromatic heterocycles. The van der Waals surface area contributed by atoms with Gasteiger partial charge in [0.25, 0.3) is 5.91 Å². The summed E-state index contributed by atoms with van der Waals surface area (Å²) in [6, 6.07) is 4.41. The molecule has 0 radical (unpaired) electrons. The van der Waals surface area contributed by atoms with Crippen LogP contribution in [0.3, 0.4) is 0 Å². The van der Waals surface area contributed by atoms with E-state index in [9.17, 15) is 9.18 Å². The quantitative estimate of drug-likeness (QED) is 0.756. The molecule has 0 aliphatic carbocycles. The molecule has 0 saturated carbocycles. The minimum atomic E-state index is -0.567. The van der Waals surface area contributed by atoms with Crippen LogP contribution in [0.1, 0.15) is 16.8 Å². The van der Waals surface area contributed by atoms with Crippen molar-refractivity contribution in [3.05, 3.63) is 34.1 Å². The van der Waals surface area contributed by atoms with Gasteiger partial charge >= 0.3 is 0 Å². The monoisotopic (exact) mass is 362 g/mol. The fourth-order valence-electron chi connectivity index (χ4n) is 1.62. The maximum Gasteiger partial charge on any atom is 0.258 e. The lowest BCUT2D eigenvalue weighted by atomic mass is 10.1. The van der Waals surface area contributed by atoms with Gasteiger partial charge in [0.05, 0.1) is 17.2 Å². The third-order valence-electron chi connectivity index (χ3n) is 2.66. The largest absolute Gasteiger partial charge is 0.393 e. The molecule has 7 heteroatoms. The molecule has 1 amide bonds. The third-order valence-corrected chi connectivity index (χ3v) is 3.52. The van der Waals surface area contributed by atoms with Crippen molar-refractivity contribution in [1.29, 1.82) is 0 Å². The molecule has 0 fully saturated rings. The van der Waals surface area contributed by atoms with Gasteiger partial charge in [-0.1, -0.05) is 18.3 Å². The topological polar surface area (TPSA) is 55.6 Å². The number of benzene rings is 1. The van der Waals surface area contributed by atoms with Crippen molar-refractivity contribution in [2.45, 2.75) is 6.42 Å². The standard InChI is InChI=1S/C13H16BrFN2O2S/c1-19-8-7-17(6-5-11(16)20)13(18)12-9(14)3-2-4-10(12)15/h2-4H,5-8H2,1H3,(H2,16,20). The van der Waals surface area contributed by atoms with E-state index in [4.69, 9.17) is 22.7 Å². The minimum absolute atomic E-state index is 0.00606. The van der Waals surface area contributed by atoms with Gasteiger partial charge < -0.3 is 15.4 Å². The molecule has 0 heterocycles. The molecule has 110 valence electrons. The smallest absolute Gasteiger partial charge is 0.258 e. The molecule has 1 aromatic carbocycles. The first-order valence-electron chi connectivity index (χ1n) is 5.98. The van der Waals surface area contributed by atoms with Crippen molar-refractivity contribution >= 4 is 39.0 Å². The first-order chi connectivity index (χ1) is 9.47. The van der Waals surface area contributed by atoms with E-state index in [-0.39, 0.29) is 5.56 Å². The third kappa shape index (κ3) is 4.81. The predicted octanol–water partition coefficient (Wildman–Crippen LogP) is 2.35. The van der Waals surface area contributed by atoms with E-state index in [0.717, 1.165) is 0 Å². The number of rotatable bonds is 7. The highest BCUT2D eigenvalue weighted by Crippen LogP contribution is 2.21. The van der Waals surface area contributed by atoms with Crippen molar-refractivity contribution in [1.82, 2.24) is 4.90 Å². The average molecular weight is 363 g/mol. The number of hydrogen-bond donors (Lipinski definition) is 1. The van der Waals surface area contributed by atoms with E-state index in [1.165, 1.54) is 24.1 Å². The molecular formula is C13H16BrFN2O2S. The van der Waals surface area contributed by atoms with Crippen LogP contribution in [0.4, 0.5) is 4.39 Å². The highest BCUT2D eigenvalue weighted by molar-refractivity contribution is 9.10. The predicted molar refractivity (Wildman–Crippen MR) is 83.3 cm³/mol. The number of halogens is 2. The van der Waals surface area contributed by atoms with Crippen LogP contribution < -0.4 is 5.73 Å². The fourth-order valence-corrected chi connectivity index (χ4v) is 2.22. The number of carbonyl (C=O) groups is 1. The lowest BCUT2D eigenvalue weighted by molar-refractivity contribution is 0.0695. The number of hydrogen-bond acceptors (Lipinski definition) is 3. The fraction of sp³-hybridized carbons (Fsp3) is 0.385. The molecule has 4 nitrogen and oxygen atoms in total. The summed E-state index contributed by atoms with van der Waals surface area (Å²) in [7, 11) is 1.54. The number of carbonyl (C=O) groups excluding carboxylic acids is 1. The normalized spacial score (nSPS) is 10.3. The highest BCUT2D eigenvalue weighted by atomic mass is 79.9. The summed E-state index contributed by atoms with van der Waals surface area (Å²) in [4.78, 5) is 14.2. The van der Waals surface area contributed by atoms with Gasteiger partial charge in [0.1, 0.15) is 5.82 Å². The summed E-state index contributed by atoms with van der Waals surface area (Å²) in [5, 5.41) is 0. The molecule has 0 saturated heterocycles. The minimum Gasteiger partial charge on any atom is -0.393 e. The van der Waals surface area contributed by atoms with Crippen LogP contribution in [0.25, 0.3) is 0 Å². The van der Waals surface area contributed by atoms with E-state index in [1.54, 1.807) is 6.07 Å². The lowest BCUT2D eigenvalue weighted by Gasteiger charge is -2.23. The Balaban J connectivity index is 2.93. The number of nitrogens with zero attached hydrogens (tertiary/aromatic N) is 1. The van der Waals surface area contributed by atoms with Crippen molar-refractivity contribution in [3.8, 4) is 0 Å². The van der Waals surface area contributed by atoms with Crippen molar-refractivity contribution < 1.29 is 13.9 Å². The van der Waals surface area contributed by atoms with E-state index in [1.807, 2.05) is 0 Å². The number of thiocarbonyl (C=S) groups is 1. The van der Waals surface area contributed by atoms with Crippen LogP contribution >= 0.6 is 28.1 Å². The number of ether oxygens (including phenoxy) is 1. The summed E-state index contributed by atoms with van der Waals surface area (Å²) in [6.07, 6.45) is 0.386. The molecule has 0 aliphatic rings. The summed E-state index contributed by atoms with van der Waals surface area (Å²) in [5.74, 6) is -0.981. The van der Waals surface area contributed by atoms with Gasteiger partial charge in [-0.25, -0.2) is 4.39 Å². The van der Waals surface area contributed by atoms with Crippen LogP contribution in [0.2, 0.25) is 0 Å². The summed E-state index contributed by atoms with van der Waals surface area (Å²) < 4.78 is 19.2. The summed E-state index contributed by atoms with van der Waals surface area (Å²) in [6.45, 7) is 1.03. The second kappa shape index (κ2) is 8.28. The van der Waals surface area contributed by atoms with Crippen molar-refractivity contribution in [3.63, 3.8) is 0 Å². The Labute approximate surface area is 131 Å². The molecule has 0 spiro atoms. The van der Waals surface area contributed by atoms with Gasteiger partial charge in [-0.2, -0.15) is 0 Å². The van der Waals surface area contributed by atoms with Gasteiger partial charge in [-0.05, 0) is 28.1 Å². The zero-order valence-corrected chi connectivity index (χ0v) is 13.5. The average Bonchev–Trinajstić information content (AvgIpc) is 2.38. The first-order valence-corrected chi connectivity index (χ1v) is 7.18. The van der Waals surface area contributed by atoms with Crippen LogP contribution in [0.15, 0.2) is 22.7 Å². The molecule has 2 N–H and O–H groups in total. The number of methoxy groups -OCH3 is 1. The number of amides is 1. The molecular weight excluding hydrogens is 347 g/mol. The molecule has 20 heavy (non-hydrogen) atoms. The molecule has 0 bridgehead atoms. The maximum absolute atomic E-state index is 13.8. The second-order valence-electron chi connectivity index (χ2n) is 4.10. The molecule has 1 rings (SSSR count). The number of nitrogens with two attached hydrogens (primary N) is 1. The van der Waals surface area contributed by atoms with Crippen molar-refractivity contribution in [2.24, 2.45) is 5.73 Å². The van der Waals surface area contributed by atoms with E-state index in [0.29, 0.717) is 35.6 Å². The van der Waals surface area contributed by atoms with Crippen LogP contribution in [0.5, 0.6) is 0 Å². The Kier molecular flexibility index (Phi) is 7.04. The van der Waals surface area contributed by atoms with Gasteiger partial charge in [-0.15, -0.1) is 0 Å². The Hall–Kier alpha value is -1.05. The molecule has 0 unspecified atom stereocenters. The Morgan fingerprint density at radius 1 is 1.50 bits per heavy atom. The highest BCUT2D eigenvalue weighted by Gasteiger charge is 2.21. The van der Waals surface area contributed by atoms with Crippen LogP contribution in [-0.4, -0.2) is 42.6 Å². The summed E-state index contributed by atoms with van der Waals surface area (Å²) >= 11 is 8.00. The molecule has 0 aliphatic heterocycles. The van der Waals surface area contributed by atoms with E-state index in [2.05, 4.69) is 15.9 Å². The van der Waals surface area contributed by atoms with Crippen molar-refractivity contribution in [2.75, 3.05) is 26.8 Å². The second-order valence-corrected chi connectivity index (χ2v) is 5.48. The van der Waals surface area contributed by atoms with Gasteiger partial charge in [0.2, 0.25) is 0 Å². The zero-order valence-electron chi connectivity index (χ0n) is 11.1. The summed E-state index contributed by atoms with van der Waals surface area (Å²) in [5.41, 5.74) is 5.45. The Bertz CT molecular complexity index is 479. The zero-order chi connectivity index (χ0) is 15.1. The Morgan fingerprint density at radius 3 is 2.75 bits per heavy atom. The SMILES string of the molecule is COCCN(CCC(N)=S)C(=O)c1c(F)cccc1Br. The van der Waals surface area contributed by atoms with Crippen LogP contribution in [-0.2, 0) is 4.74 Å². The Morgan fingerprint density at radius 2 is 2.20 bits per heavy atom. The first kappa shape index (κ1) is 17.0. The van der Waals surface area contributed by atoms with E-state index >= 15 is 0 Å². The van der Waals surface area contributed by atoms with Crippen LogP contribution in [0, 0.1) is 5.82 Å². The maximum atomic E-state index is 13.8. The van der Waals surface area contributed by atoms with Gasteiger partial charge in [0.15, 0.2) is 0 Å². The molecule has 1 aromatic rings. The lowest BCUT2D eigenvalue weighted by Crippen LogP contribution is -2.36. The molecule has 0 atom stereocenters. The van der Waals surface area contributed by atoms with E-state index < -0.39 is 11.7 Å². The van der Waals surface area contributed by atoms with Gasteiger partial charge in [-0.3, -0.25) is 4.79 Å².